The third-order valence-electron chi connectivity index (χ3n) is 3.34. The molecule has 3 rings (SSSR count). The Kier molecular flexibility index (Phi) is 5.90. The summed E-state index contributed by atoms with van der Waals surface area (Å²) in [6, 6.07) is 11.3. The van der Waals surface area contributed by atoms with E-state index in [0.29, 0.717) is 20.7 Å². The molecule has 1 aliphatic rings. The van der Waals surface area contributed by atoms with E-state index in [1.807, 2.05) is 0 Å². The van der Waals surface area contributed by atoms with Crippen LogP contribution < -0.4 is 5.32 Å². The molecule has 0 spiro atoms. The normalized spacial score (nSPS) is 17.0. The molecule has 0 unspecified atom stereocenters. The average Bonchev–Trinajstić information content (AvgIpc) is 2.97. The zero-order valence-electron chi connectivity index (χ0n) is 13.4. The molecule has 0 atom stereocenters. The molecule has 27 heavy (non-hydrogen) atoms. The van der Waals surface area contributed by atoms with Crippen LogP contribution in [0.4, 0.5) is 5.69 Å². The molecular formula is C17H10Cl2N4O3S. The summed E-state index contributed by atoms with van der Waals surface area (Å²) < 4.78 is 0. The van der Waals surface area contributed by atoms with E-state index in [-0.39, 0.29) is 16.6 Å². The molecule has 0 radical (unpaired) electrons. The van der Waals surface area contributed by atoms with Crippen molar-refractivity contribution in [2.75, 3.05) is 0 Å². The third-order valence-corrected chi connectivity index (χ3v) is 4.81. The predicted octanol–water partition coefficient (Wildman–Crippen LogP) is 4.50. The maximum atomic E-state index is 12.0. The number of hydrogen-bond donors (Lipinski definition) is 1. The summed E-state index contributed by atoms with van der Waals surface area (Å²) in [5.41, 5.74) is 1.06. The first kappa shape index (κ1) is 19.1. The number of nitro groups is 1. The number of benzene rings is 2. The molecule has 0 bridgehead atoms. The van der Waals surface area contributed by atoms with E-state index in [1.54, 1.807) is 30.3 Å². The fraction of sp³-hybridized carbons (Fsp3) is 0. The number of nitrogens with zero attached hydrogens (tertiary/aromatic N) is 3. The molecule has 0 aliphatic carbocycles. The molecule has 2 aromatic carbocycles. The standard InChI is InChI=1S/C17H10Cl2N4O3S/c18-12-4-1-10(2-5-12)9-20-22-17-21-16(24)15(27-17)8-11-3-6-13(19)14(7-11)23(25)26/h1-9H,(H,21,22,24)/b15-8+,20-9-. The number of nitro benzene ring substituents is 1. The molecule has 0 saturated carbocycles. The minimum Gasteiger partial charge on any atom is -0.299 e. The number of nitrogens with one attached hydrogen (secondary N) is 1. The Balaban J connectivity index is 1.75. The lowest BCUT2D eigenvalue weighted by atomic mass is 10.2. The van der Waals surface area contributed by atoms with Crippen LogP contribution in [-0.4, -0.2) is 22.2 Å². The molecule has 0 aromatic heterocycles. The second kappa shape index (κ2) is 8.34. The SMILES string of the molecule is O=C1N/C(=N\N=C/c2ccc(Cl)cc2)S/C1=C/c1ccc(Cl)c([N+](=O)[O-])c1. The molecule has 7 nitrogen and oxygen atoms in total. The van der Waals surface area contributed by atoms with Crippen molar-refractivity contribution in [2.45, 2.75) is 0 Å². The van der Waals surface area contributed by atoms with Gasteiger partial charge in [-0.25, -0.2) is 0 Å². The number of amidine groups is 1. The van der Waals surface area contributed by atoms with Crippen LogP contribution in [0.1, 0.15) is 11.1 Å². The summed E-state index contributed by atoms with van der Waals surface area (Å²) in [5.74, 6) is -0.363. The van der Waals surface area contributed by atoms with E-state index in [1.165, 1.54) is 24.4 Å². The van der Waals surface area contributed by atoms with Crippen molar-refractivity contribution < 1.29 is 9.72 Å². The molecule has 1 N–H and O–H groups in total. The summed E-state index contributed by atoms with van der Waals surface area (Å²) in [6.45, 7) is 0. The van der Waals surface area contributed by atoms with Crippen molar-refractivity contribution in [3.8, 4) is 0 Å². The highest BCUT2D eigenvalue weighted by molar-refractivity contribution is 8.18. The number of halogens is 2. The fourth-order valence-electron chi connectivity index (χ4n) is 2.08. The number of rotatable bonds is 4. The Hall–Kier alpha value is -2.68. The van der Waals surface area contributed by atoms with Crippen LogP contribution in [0.15, 0.2) is 57.6 Å². The average molecular weight is 421 g/mol. The largest absolute Gasteiger partial charge is 0.299 e. The minimum atomic E-state index is -0.579. The van der Waals surface area contributed by atoms with Crippen molar-refractivity contribution in [1.29, 1.82) is 0 Å². The van der Waals surface area contributed by atoms with Gasteiger partial charge in [0.05, 0.1) is 16.0 Å². The summed E-state index contributed by atoms with van der Waals surface area (Å²) in [5, 5.41) is 22.4. The zero-order chi connectivity index (χ0) is 19.4. The van der Waals surface area contributed by atoms with Gasteiger partial charge in [-0.2, -0.15) is 5.10 Å². The molecule has 1 heterocycles. The van der Waals surface area contributed by atoms with Gasteiger partial charge in [-0.3, -0.25) is 20.2 Å². The predicted molar refractivity (Wildman–Crippen MR) is 108 cm³/mol. The Morgan fingerprint density at radius 3 is 2.52 bits per heavy atom. The number of thioether (sulfide) groups is 1. The highest BCUT2D eigenvalue weighted by atomic mass is 35.5. The Labute approximate surface area is 167 Å². The van der Waals surface area contributed by atoms with E-state index < -0.39 is 4.92 Å². The summed E-state index contributed by atoms with van der Waals surface area (Å²) in [6.07, 6.45) is 3.05. The number of amides is 1. The molecule has 1 aliphatic heterocycles. The number of carbonyl (C=O) groups excluding carboxylic acids is 1. The lowest BCUT2D eigenvalue weighted by Crippen LogP contribution is -2.19. The van der Waals surface area contributed by atoms with Crippen LogP contribution in [0, 0.1) is 10.1 Å². The highest BCUT2D eigenvalue weighted by Gasteiger charge is 2.24. The molecule has 1 fully saturated rings. The Morgan fingerprint density at radius 2 is 1.81 bits per heavy atom. The molecule has 2 aromatic rings. The maximum Gasteiger partial charge on any atom is 0.288 e. The second-order valence-corrected chi connectivity index (χ2v) is 7.11. The molecule has 136 valence electrons. The maximum absolute atomic E-state index is 12.0. The minimum absolute atomic E-state index is 0.0319. The van der Waals surface area contributed by atoms with Crippen LogP contribution in [0.3, 0.4) is 0 Å². The monoisotopic (exact) mass is 420 g/mol. The van der Waals surface area contributed by atoms with Crippen molar-refractivity contribution in [2.24, 2.45) is 10.2 Å². The van der Waals surface area contributed by atoms with Gasteiger partial charge in [0.1, 0.15) is 5.02 Å². The number of carbonyl (C=O) groups is 1. The van der Waals surface area contributed by atoms with Gasteiger partial charge < -0.3 is 0 Å². The fourth-order valence-corrected chi connectivity index (χ4v) is 3.17. The van der Waals surface area contributed by atoms with Crippen LogP contribution in [0.5, 0.6) is 0 Å². The van der Waals surface area contributed by atoms with Crippen molar-refractivity contribution >= 4 is 64.0 Å². The lowest BCUT2D eigenvalue weighted by Gasteiger charge is -1.98. The quantitative estimate of drug-likeness (QED) is 0.340. The van der Waals surface area contributed by atoms with Gasteiger partial charge in [-0.05, 0) is 47.2 Å². The highest BCUT2D eigenvalue weighted by Crippen LogP contribution is 2.29. The summed E-state index contributed by atoms with van der Waals surface area (Å²) in [4.78, 5) is 22.8. The van der Waals surface area contributed by atoms with Gasteiger partial charge in [0.25, 0.3) is 11.6 Å². The van der Waals surface area contributed by atoms with Crippen LogP contribution >= 0.6 is 35.0 Å². The topological polar surface area (TPSA) is 97.0 Å². The zero-order valence-corrected chi connectivity index (χ0v) is 15.8. The Morgan fingerprint density at radius 1 is 1.11 bits per heavy atom. The lowest BCUT2D eigenvalue weighted by molar-refractivity contribution is -0.384. The van der Waals surface area contributed by atoms with E-state index in [2.05, 4.69) is 15.5 Å². The van der Waals surface area contributed by atoms with E-state index in [0.717, 1.165) is 17.3 Å². The molecular weight excluding hydrogens is 411 g/mol. The van der Waals surface area contributed by atoms with Gasteiger partial charge >= 0.3 is 0 Å². The Bertz CT molecular complexity index is 1000. The van der Waals surface area contributed by atoms with Crippen LogP contribution in [0.2, 0.25) is 10.0 Å². The van der Waals surface area contributed by atoms with Gasteiger partial charge in [-0.1, -0.05) is 41.4 Å². The number of hydrogen-bond acceptors (Lipinski definition) is 6. The van der Waals surface area contributed by atoms with Gasteiger partial charge in [0.15, 0.2) is 5.17 Å². The van der Waals surface area contributed by atoms with Crippen LogP contribution in [-0.2, 0) is 4.79 Å². The first-order valence-electron chi connectivity index (χ1n) is 7.44. The van der Waals surface area contributed by atoms with Crippen molar-refractivity contribution in [1.82, 2.24) is 5.32 Å². The first-order chi connectivity index (χ1) is 12.9. The van der Waals surface area contributed by atoms with Gasteiger partial charge in [-0.15, -0.1) is 5.10 Å². The molecule has 10 heteroatoms. The van der Waals surface area contributed by atoms with Gasteiger partial charge in [0.2, 0.25) is 0 Å². The summed E-state index contributed by atoms with van der Waals surface area (Å²) in [7, 11) is 0. The van der Waals surface area contributed by atoms with E-state index >= 15 is 0 Å². The van der Waals surface area contributed by atoms with Crippen molar-refractivity contribution in [3.63, 3.8) is 0 Å². The van der Waals surface area contributed by atoms with E-state index in [9.17, 15) is 14.9 Å². The van der Waals surface area contributed by atoms with E-state index in [4.69, 9.17) is 23.2 Å². The molecule has 1 amide bonds. The smallest absolute Gasteiger partial charge is 0.288 e. The van der Waals surface area contributed by atoms with Gasteiger partial charge in [0, 0.05) is 11.1 Å². The first-order valence-corrected chi connectivity index (χ1v) is 9.01. The second-order valence-electron chi connectivity index (χ2n) is 5.23. The van der Waals surface area contributed by atoms with Crippen molar-refractivity contribution in [3.05, 3.63) is 78.7 Å². The third kappa shape index (κ3) is 4.94. The molecule has 1 saturated heterocycles. The van der Waals surface area contributed by atoms with Crippen LogP contribution in [0.25, 0.3) is 6.08 Å². The summed E-state index contributed by atoms with van der Waals surface area (Å²) >= 11 is 12.7.